The van der Waals surface area contributed by atoms with Gasteiger partial charge < -0.3 is 4.57 Å². The van der Waals surface area contributed by atoms with Gasteiger partial charge in [-0.25, -0.2) is 29.6 Å². The van der Waals surface area contributed by atoms with Gasteiger partial charge in [0.15, 0.2) is 23.0 Å². The van der Waals surface area contributed by atoms with Gasteiger partial charge in [0.2, 0.25) is 0 Å². The molecule has 7 nitrogen and oxygen atoms in total. The Morgan fingerprint density at radius 1 is 0.377 bits per heavy atom. The van der Waals surface area contributed by atoms with Crippen molar-refractivity contribution >= 4 is 33.2 Å². The summed E-state index contributed by atoms with van der Waals surface area (Å²) in [6, 6.07) is 62.3. The molecule has 0 aliphatic heterocycles. The topological polar surface area (TPSA) is 65.2 Å². The Morgan fingerprint density at radius 2 is 0.812 bits per heavy atom. The van der Waals surface area contributed by atoms with Crippen molar-refractivity contribution in [1.29, 1.82) is 0 Å². The lowest BCUT2D eigenvalue weighted by molar-refractivity contribution is -0.137. The highest BCUT2D eigenvalue weighted by molar-refractivity contribution is 6.11. The lowest BCUT2D eigenvalue weighted by Crippen LogP contribution is -2.10. The maximum atomic E-state index is 15.8. The lowest BCUT2D eigenvalue weighted by atomic mass is 9.95. The van der Waals surface area contributed by atoms with Crippen LogP contribution in [0, 0.1) is 13.1 Å². The molecule has 0 radical (unpaired) electrons. The first-order valence-corrected chi connectivity index (χ1v) is 21.9. The third-order valence-corrected chi connectivity index (χ3v) is 12.0. The highest BCUT2D eigenvalue weighted by Gasteiger charge is 2.35. The molecule has 0 unspecified atom stereocenters. The van der Waals surface area contributed by atoms with Gasteiger partial charge >= 0.3 is 6.18 Å². The van der Waals surface area contributed by atoms with E-state index in [1.165, 1.54) is 12.1 Å². The number of benzene rings is 8. The molecule has 0 N–H and O–H groups in total. The summed E-state index contributed by atoms with van der Waals surface area (Å²) in [6.07, 6.45) is -4.81. The van der Waals surface area contributed by atoms with Crippen LogP contribution in [-0.4, -0.2) is 24.5 Å². The number of hydrogen-bond donors (Lipinski definition) is 0. The quantitative estimate of drug-likeness (QED) is 0.143. The molecule has 0 bridgehead atoms. The average molecular weight is 898 g/mol. The lowest BCUT2D eigenvalue weighted by Gasteiger charge is -2.22. The molecule has 0 aliphatic rings. The summed E-state index contributed by atoms with van der Waals surface area (Å²) in [5.74, 6) is 0.660. The maximum absolute atomic E-state index is 15.8. The van der Waals surface area contributed by atoms with E-state index in [-0.39, 0.29) is 22.5 Å². The predicted molar refractivity (Wildman–Crippen MR) is 268 cm³/mol. The van der Waals surface area contributed by atoms with Crippen LogP contribution in [0.25, 0.3) is 116 Å². The van der Waals surface area contributed by atoms with E-state index < -0.39 is 11.7 Å². The van der Waals surface area contributed by atoms with Crippen molar-refractivity contribution in [2.24, 2.45) is 0 Å². The summed E-state index contributed by atoms with van der Waals surface area (Å²) in [6.45, 7) is 15.6. The first-order chi connectivity index (χ1) is 33.7. The van der Waals surface area contributed by atoms with Crippen molar-refractivity contribution in [3.05, 3.63) is 235 Å². The second-order valence-corrected chi connectivity index (χ2v) is 16.4. The van der Waals surface area contributed by atoms with Crippen LogP contribution in [0.15, 0.2) is 206 Å². The third kappa shape index (κ3) is 8.03. The minimum absolute atomic E-state index is 0.177. The molecule has 0 spiro atoms. The summed E-state index contributed by atoms with van der Waals surface area (Å²) in [7, 11) is 0. The second-order valence-electron chi connectivity index (χ2n) is 16.4. The zero-order valence-corrected chi connectivity index (χ0v) is 36.4. The van der Waals surface area contributed by atoms with E-state index in [1.54, 1.807) is 30.3 Å². The number of para-hydroxylation sites is 1. The predicted octanol–water partition coefficient (Wildman–Crippen LogP) is 16.2. The minimum atomic E-state index is -4.81. The zero-order valence-electron chi connectivity index (χ0n) is 36.4. The number of aromatic nitrogens is 5. The number of alkyl halides is 3. The van der Waals surface area contributed by atoms with Crippen LogP contribution < -0.4 is 0 Å². The molecule has 0 saturated carbocycles. The minimum Gasteiger partial charge on any atom is -0.308 e. The number of hydrogen-bond acceptors (Lipinski definition) is 4. The van der Waals surface area contributed by atoms with E-state index in [0.29, 0.717) is 73.4 Å². The number of nitrogens with zero attached hydrogens (tertiary/aromatic N) is 7. The molecular weight excluding hydrogens is 864 g/mol. The van der Waals surface area contributed by atoms with Gasteiger partial charge in [-0.3, -0.25) is 0 Å². The van der Waals surface area contributed by atoms with Crippen molar-refractivity contribution in [2.75, 3.05) is 0 Å². The van der Waals surface area contributed by atoms with Crippen LogP contribution in [0.3, 0.4) is 0 Å². The molecule has 11 rings (SSSR count). The van der Waals surface area contributed by atoms with Crippen LogP contribution >= 0.6 is 0 Å². The Hall–Kier alpha value is -9.51. The SMILES string of the molecule is [C-]#[N+]c1cc([N+]#[C-])cc(-c2ccc3c4ccccc4n(-c4c(-c5cc(-c6ccccc6)nc(-c6ccccc6)n5)cc(C(F)(F)F)cc4-c4cc(-c5ccccc5)nc(-c5ccccc5)n4)c3c2)c1. The molecule has 0 aliphatic carbocycles. The summed E-state index contributed by atoms with van der Waals surface area (Å²) in [5.41, 5.74) is 7.60. The van der Waals surface area contributed by atoms with E-state index in [2.05, 4.69) is 9.69 Å². The summed E-state index contributed by atoms with van der Waals surface area (Å²) >= 11 is 0. The van der Waals surface area contributed by atoms with E-state index in [4.69, 9.17) is 33.1 Å². The molecule has 69 heavy (non-hydrogen) atoms. The summed E-state index contributed by atoms with van der Waals surface area (Å²) < 4.78 is 49.4. The molecule has 3 heterocycles. The molecule has 0 atom stereocenters. The first kappa shape index (κ1) is 42.1. The summed E-state index contributed by atoms with van der Waals surface area (Å²) in [5, 5.41) is 1.68. The fourth-order valence-corrected chi connectivity index (χ4v) is 8.83. The molecular formula is C59H34F3N7. The van der Waals surface area contributed by atoms with Gasteiger partial charge in [-0.05, 0) is 47.5 Å². The molecule has 11 aromatic rings. The largest absolute Gasteiger partial charge is 0.416 e. The fraction of sp³-hybridized carbons (Fsp3) is 0.0169. The highest BCUT2D eigenvalue weighted by atomic mass is 19.4. The zero-order chi connectivity index (χ0) is 47.1. The molecule has 0 fully saturated rings. The molecule has 326 valence electrons. The Morgan fingerprint density at radius 3 is 1.29 bits per heavy atom. The Bertz CT molecular complexity index is 3540. The third-order valence-electron chi connectivity index (χ3n) is 12.0. The van der Waals surface area contributed by atoms with Gasteiger partial charge in [-0.2, -0.15) is 13.2 Å². The molecule has 3 aromatic heterocycles. The van der Waals surface area contributed by atoms with Crippen LogP contribution in [-0.2, 0) is 6.18 Å². The second kappa shape index (κ2) is 17.4. The normalized spacial score (nSPS) is 11.4. The Labute approximate surface area is 394 Å². The van der Waals surface area contributed by atoms with Gasteiger partial charge in [0.05, 0.1) is 58.2 Å². The van der Waals surface area contributed by atoms with E-state index in [0.717, 1.165) is 21.9 Å². The maximum Gasteiger partial charge on any atom is 0.416 e. The van der Waals surface area contributed by atoms with Gasteiger partial charge in [-0.15, -0.1) is 0 Å². The fourth-order valence-electron chi connectivity index (χ4n) is 8.83. The van der Waals surface area contributed by atoms with Crippen molar-refractivity contribution in [2.45, 2.75) is 6.18 Å². The monoisotopic (exact) mass is 897 g/mol. The van der Waals surface area contributed by atoms with Crippen molar-refractivity contribution in [3.63, 3.8) is 0 Å². The molecule has 0 saturated heterocycles. The van der Waals surface area contributed by atoms with Crippen LogP contribution in [0.2, 0.25) is 0 Å². The Kier molecular flexibility index (Phi) is 10.6. The van der Waals surface area contributed by atoms with Gasteiger partial charge in [0, 0.05) is 44.2 Å². The number of rotatable bonds is 8. The highest BCUT2D eigenvalue weighted by Crippen LogP contribution is 2.46. The van der Waals surface area contributed by atoms with E-state index in [1.807, 2.05) is 168 Å². The number of halogens is 3. The van der Waals surface area contributed by atoms with Gasteiger partial charge in [-0.1, -0.05) is 170 Å². The van der Waals surface area contributed by atoms with Crippen LogP contribution in [0.1, 0.15) is 5.56 Å². The first-order valence-electron chi connectivity index (χ1n) is 21.9. The van der Waals surface area contributed by atoms with E-state index >= 15 is 13.2 Å². The Balaban J connectivity index is 1.32. The average Bonchev–Trinajstić information content (AvgIpc) is 3.74. The van der Waals surface area contributed by atoms with Crippen molar-refractivity contribution in [1.82, 2.24) is 24.5 Å². The molecule has 10 heteroatoms. The smallest absolute Gasteiger partial charge is 0.308 e. The van der Waals surface area contributed by atoms with Crippen LogP contribution in [0.4, 0.5) is 24.5 Å². The van der Waals surface area contributed by atoms with Crippen molar-refractivity contribution < 1.29 is 13.2 Å². The molecule has 8 aromatic carbocycles. The van der Waals surface area contributed by atoms with Gasteiger partial charge in [0.25, 0.3) is 0 Å². The number of fused-ring (bicyclic) bond motifs is 3. The van der Waals surface area contributed by atoms with E-state index in [9.17, 15) is 0 Å². The summed E-state index contributed by atoms with van der Waals surface area (Å²) in [4.78, 5) is 27.6. The van der Waals surface area contributed by atoms with Gasteiger partial charge in [0.1, 0.15) is 0 Å². The molecule has 0 amide bonds. The standard InChI is InChI=1S/C59H34F3N7/c1-63-44-29-42(30-45(34-44)64-2)41-27-28-47-46-25-15-16-26-54(46)69(55(47)31-41)56-48(52-35-50(37-17-7-3-8-18-37)65-57(67-52)39-21-11-5-12-22-39)32-43(59(60,61)62)33-49(56)53-36-51(38-19-9-4-10-20-38)66-58(68-53)40-23-13-6-14-24-40/h3-36H. The van der Waals surface area contributed by atoms with Crippen LogP contribution in [0.5, 0.6) is 0 Å². The van der Waals surface area contributed by atoms with Crippen molar-refractivity contribution in [3.8, 4) is 84.6 Å².